The van der Waals surface area contributed by atoms with Crippen molar-refractivity contribution in [2.24, 2.45) is 0 Å². The number of sulfonamides is 1. The molecule has 0 aliphatic carbocycles. The highest BCUT2D eigenvalue weighted by Crippen LogP contribution is 2.35. The first-order valence-corrected chi connectivity index (χ1v) is 14.4. The Morgan fingerprint density at radius 1 is 0.925 bits per heavy atom. The number of nitrogens with one attached hydrogen (secondary N) is 1. The van der Waals surface area contributed by atoms with E-state index in [4.69, 9.17) is 21.1 Å². The van der Waals surface area contributed by atoms with Gasteiger partial charge in [-0.05, 0) is 68.8 Å². The van der Waals surface area contributed by atoms with Gasteiger partial charge in [0.15, 0.2) is 0 Å². The molecule has 3 aromatic rings. The molecule has 214 valence electrons. The van der Waals surface area contributed by atoms with E-state index in [0.29, 0.717) is 11.3 Å². The fourth-order valence-electron chi connectivity index (χ4n) is 4.05. The number of anilines is 1. The van der Waals surface area contributed by atoms with Gasteiger partial charge in [-0.25, -0.2) is 8.42 Å². The highest BCUT2D eigenvalue weighted by molar-refractivity contribution is 7.92. The molecule has 9 nitrogen and oxygen atoms in total. The maximum Gasteiger partial charge on any atom is 0.264 e. The zero-order valence-corrected chi connectivity index (χ0v) is 24.7. The Morgan fingerprint density at radius 2 is 1.62 bits per heavy atom. The molecule has 0 radical (unpaired) electrons. The number of carbonyl (C=O) groups excluding carboxylic acids is 2. The summed E-state index contributed by atoms with van der Waals surface area (Å²) in [6, 6.07) is 18.3. The summed E-state index contributed by atoms with van der Waals surface area (Å²) in [6.45, 7) is 4.66. The maximum absolute atomic E-state index is 14.0. The minimum Gasteiger partial charge on any atom is -0.497 e. The van der Waals surface area contributed by atoms with Gasteiger partial charge in [-0.1, -0.05) is 41.9 Å². The number of halogens is 1. The van der Waals surface area contributed by atoms with Crippen LogP contribution in [0.1, 0.15) is 26.3 Å². The van der Waals surface area contributed by atoms with Gasteiger partial charge in [-0.3, -0.25) is 13.9 Å². The van der Waals surface area contributed by atoms with E-state index in [9.17, 15) is 18.0 Å². The summed E-state index contributed by atoms with van der Waals surface area (Å²) in [5.41, 5.74) is 0.794. The van der Waals surface area contributed by atoms with Gasteiger partial charge in [0.25, 0.3) is 10.0 Å². The Bertz CT molecular complexity index is 1430. The molecule has 0 aliphatic rings. The predicted molar refractivity (Wildman–Crippen MR) is 155 cm³/mol. The van der Waals surface area contributed by atoms with Crippen molar-refractivity contribution in [1.29, 1.82) is 0 Å². The molecule has 1 N–H and O–H groups in total. The van der Waals surface area contributed by atoms with Crippen molar-refractivity contribution in [2.45, 2.75) is 44.3 Å². The standard InChI is InChI=1S/C29H34ClN3O6S/c1-20(2)31-29(35)21(3)32(18-22-10-9-11-24(16-22)38-4)28(34)19-33(26-17-23(30)14-15-27(26)39-5)40(36,37)25-12-7-6-8-13-25/h6-17,20-21H,18-19H2,1-5H3,(H,31,35). The predicted octanol–water partition coefficient (Wildman–Crippen LogP) is 4.49. The van der Waals surface area contributed by atoms with Crippen molar-refractivity contribution in [2.75, 3.05) is 25.1 Å². The van der Waals surface area contributed by atoms with Crippen LogP contribution in [0, 0.1) is 0 Å². The SMILES string of the molecule is COc1cccc(CN(C(=O)CN(c2cc(Cl)ccc2OC)S(=O)(=O)c2ccccc2)C(C)C(=O)NC(C)C)c1. The van der Waals surface area contributed by atoms with Crippen LogP contribution in [0.4, 0.5) is 5.69 Å². The van der Waals surface area contributed by atoms with E-state index in [1.165, 1.54) is 43.4 Å². The number of benzene rings is 3. The molecule has 0 saturated heterocycles. The summed E-state index contributed by atoms with van der Waals surface area (Å²) < 4.78 is 39.6. The second kappa shape index (κ2) is 13.5. The van der Waals surface area contributed by atoms with Crippen molar-refractivity contribution in [3.05, 3.63) is 83.4 Å². The van der Waals surface area contributed by atoms with Crippen LogP contribution >= 0.6 is 11.6 Å². The second-order valence-electron chi connectivity index (χ2n) is 9.35. The Morgan fingerprint density at radius 3 is 2.25 bits per heavy atom. The molecule has 0 fully saturated rings. The van der Waals surface area contributed by atoms with E-state index in [2.05, 4.69) is 5.32 Å². The summed E-state index contributed by atoms with van der Waals surface area (Å²) in [7, 11) is -1.32. The number of methoxy groups -OCH3 is 2. The van der Waals surface area contributed by atoms with E-state index in [1.54, 1.807) is 55.5 Å². The van der Waals surface area contributed by atoms with Crippen molar-refractivity contribution in [1.82, 2.24) is 10.2 Å². The molecule has 2 amide bonds. The first-order valence-electron chi connectivity index (χ1n) is 12.6. The number of hydrogen-bond donors (Lipinski definition) is 1. The normalized spacial score (nSPS) is 12.0. The van der Waals surface area contributed by atoms with Gasteiger partial charge in [-0.15, -0.1) is 0 Å². The number of hydrogen-bond acceptors (Lipinski definition) is 6. The number of amides is 2. The topological polar surface area (TPSA) is 105 Å². The smallest absolute Gasteiger partial charge is 0.264 e. The lowest BCUT2D eigenvalue weighted by atomic mass is 10.1. The first-order chi connectivity index (χ1) is 19.0. The minimum absolute atomic E-state index is 0.0187. The quantitative estimate of drug-likeness (QED) is 0.335. The molecular formula is C29H34ClN3O6S. The molecule has 3 aromatic carbocycles. The van der Waals surface area contributed by atoms with Crippen LogP contribution in [0.25, 0.3) is 0 Å². The van der Waals surface area contributed by atoms with E-state index in [-0.39, 0.29) is 39.8 Å². The summed E-state index contributed by atoms with van der Waals surface area (Å²) in [5, 5.41) is 3.08. The van der Waals surface area contributed by atoms with Crippen LogP contribution in [0.3, 0.4) is 0 Å². The second-order valence-corrected chi connectivity index (χ2v) is 11.7. The van der Waals surface area contributed by atoms with Gasteiger partial charge in [0.05, 0.1) is 24.8 Å². The lowest BCUT2D eigenvalue weighted by Gasteiger charge is -2.32. The number of carbonyl (C=O) groups is 2. The molecule has 1 atom stereocenters. The van der Waals surface area contributed by atoms with Gasteiger partial charge in [0, 0.05) is 17.6 Å². The molecule has 0 spiro atoms. The third-order valence-corrected chi connectivity index (χ3v) is 8.11. The Kier molecular flexibility index (Phi) is 10.4. The monoisotopic (exact) mass is 587 g/mol. The average molecular weight is 588 g/mol. The molecule has 0 heterocycles. The third-order valence-electron chi connectivity index (χ3n) is 6.10. The molecule has 0 saturated carbocycles. The van der Waals surface area contributed by atoms with Gasteiger partial charge >= 0.3 is 0 Å². The van der Waals surface area contributed by atoms with Crippen LogP contribution in [0.15, 0.2) is 77.7 Å². The molecule has 0 aromatic heterocycles. The summed E-state index contributed by atoms with van der Waals surface area (Å²) in [4.78, 5) is 28.4. The van der Waals surface area contributed by atoms with Gasteiger partial charge in [0.1, 0.15) is 24.1 Å². The van der Waals surface area contributed by atoms with Crippen LogP contribution in [-0.2, 0) is 26.2 Å². The van der Waals surface area contributed by atoms with E-state index in [0.717, 1.165) is 4.31 Å². The van der Waals surface area contributed by atoms with Gasteiger partial charge in [0.2, 0.25) is 11.8 Å². The fraction of sp³-hybridized carbons (Fsp3) is 0.310. The number of nitrogens with zero attached hydrogens (tertiary/aromatic N) is 2. The van der Waals surface area contributed by atoms with E-state index >= 15 is 0 Å². The van der Waals surface area contributed by atoms with Crippen LogP contribution in [-0.4, -0.2) is 58.0 Å². The number of ether oxygens (including phenoxy) is 2. The minimum atomic E-state index is -4.25. The van der Waals surface area contributed by atoms with Crippen molar-refractivity contribution < 1.29 is 27.5 Å². The van der Waals surface area contributed by atoms with E-state index in [1.807, 2.05) is 13.8 Å². The van der Waals surface area contributed by atoms with Crippen LogP contribution in [0.2, 0.25) is 5.02 Å². The van der Waals surface area contributed by atoms with Gasteiger partial charge in [-0.2, -0.15) is 0 Å². The maximum atomic E-state index is 14.0. The first kappa shape index (κ1) is 30.8. The Labute approximate surface area is 240 Å². The Balaban J connectivity index is 2.10. The lowest BCUT2D eigenvalue weighted by Crippen LogP contribution is -2.52. The fourth-order valence-corrected chi connectivity index (χ4v) is 5.65. The average Bonchev–Trinajstić information content (AvgIpc) is 2.94. The molecule has 1 unspecified atom stereocenters. The van der Waals surface area contributed by atoms with Crippen molar-refractivity contribution >= 4 is 39.1 Å². The number of rotatable bonds is 12. The lowest BCUT2D eigenvalue weighted by molar-refractivity contribution is -0.139. The molecule has 40 heavy (non-hydrogen) atoms. The molecular weight excluding hydrogens is 554 g/mol. The van der Waals surface area contributed by atoms with E-state index < -0.39 is 28.5 Å². The van der Waals surface area contributed by atoms with Crippen molar-refractivity contribution in [3.63, 3.8) is 0 Å². The van der Waals surface area contributed by atoms with Crippen LogP contribution < -0.4 is 19.1 Å². The Hall–Kier alpha value is -3.76. The third kappa shape index (κ3) is 7.45. The zero-order valence-electron chi connectivity index (χ0n) is 23.1. The molecule has 11 heteroatoms. The summed E-state index contributed by atoms with van der Waals surface area (Å²) in [5.74, 6) is -0.178. The largest absolute Gasteiger partial charge is 0.497 e. The van der Waals surface area contributed by atoms with Crippen molar-refractivity contribution in [3.8, 4) is 11.5 Å². The molecule has 3 rings (SSSR count). The van der Waals surface area contributed by atoms with Crippen LogP contribution in [0.5, 0.6) is 11.5 Å². The highest BCUT2D eigenvalue weighted by atomic mass is 35.5. The molecule has 0 aliphatic heterocycles. The molecule has 0 bridgehead atoms. The summed E-state index contributed by atoms with van der Waals surface area (Å²) in [6.07, 6.45) is 0. The highest BCUT2D eigenvalue weighted by Gasteiger charge is 2.34. The zero-order chi connectivity index (χ0) is 29.4. The summed E-state index contributed by atoms with van der Waals surface area (Å²) >= 11 is 6.25. The van der Waals surface area contributed by atoms with Gasteiger partial charge < -0.3 is 19.7 Å².